The Labute approximate surface area is 219 Å². The Morgan fingerprint density at radius 2 is 1.65 bits per heavy atom. The molecular formula is C31H36N2O4. The van der Waals surface area contributed by atoms with Crippen molar-refractivity contribution in [2.24, 2.45) is 17.3 Å². The first-order chi connectivity index (χ1) is 17.6. The fourth-order valence-electron chi connectivity index (χ4n) is 5.73. The Morgan fingerprint density at radius 1 is 1.03 bits per heavy atom. The quantitative estimate of drug-likeness (QED) is 0.415. The molecular weight excluding hydrogens is 464 g/mol. The van der Waals surface area contributed by atoms with E-state index in [1.54, 1.807) is 11.9 Å². The molecule has 37 heavy (non-hydrogen) atoms. The third-order valence-electron chi connectivity index (χ3n) is 7.88. The van der Waals surface area contributed by atoms with Crippen molar-refractivity contribution in [2.45, 2.75) is 64.5 Å². The summed E-state index contributed by atoms with van der Waals surface area (Å²) in [5.41, 5.74) is 1.82. The van der Waals surface area contributed by atoms with Crippen LogP contribution in [0.5, 0.6) is 0 Å². The van der Waals surface area contributed by atoms with Crippen LogP contribution in [0.2, 0.25) is 0 Å². The fraction of sp³-hybridized carbons (Fsp3) is 0.452. The van der Waals surface area contributed by atoms with E-state index in [-0.39, 0.29) is 17.8 Å². The minimum atomic E-state index is -0.956. The van der Waals surface area contributed by atoms with Crippen molar-refractivity contribution >= 4 is 23.5 Å². The molecule has 1 N–H and O–H groups in total. The van der Waals surface area contributed by atoms with Gasteiger partial charge in [0, 0.05) is 12.6 Å². The zero-order chi connectivity index (χ0) is 26.4. The molecule has 0 aromatic heterocycles. The van der Waals surface area contributed by atoms with Gasteiger partial charge < -0.3 is 15.0 Å². The van der Waals surface area contributed by atoms with E-state index in [2.05, 4.69) is 5.32 Å². The molecule has 1 fully saturated rings. The number of carbonyl (C=O) groups is 3. The number of hydrogen-bond acceptors (Lipinski definition) is 4. The van der Waals surface area contributed by atoms with E-state index in [1.807, 2.05) is 81.5 Å². The molecule has 1 heterocycles. The van der Waals surface area contributed by atoms with Crippen molar-refractivity contribution in [3.63, 3.8) is 0 Å². The number of likely N-dealkylation sites (N-methyl/N-ethyl adjacent to an activating group) is 1. The summed E-state index contributed by atoms with van der Waals surface area (Å²) in [6.07, 6.45) is 7.63. The van der Waals surface area contributed by atoms with Crippen molar-refractivity contribution in [3.05, 3.63) is 66.2 Å². The van der Waals surface area contributed by atoms with E-state index >= 15 is 0 Å². The molecule has 6 nitrogen and oxygen atoms in total. The second kappa shape index (κ2) is 9.47. The van der Waals surface area contributed by atoms with Gasteiger partial charge in [-0.1, -0.05) is 67.5 Å². The lowest BCUT2D eigenvalue weighted by molar-refractivity contribution is -0.173. The molecule has 0 spiro atoms. The molecule has 2 aromatic carbocycles. The number of para-hydroxylation sites is 1. The zero-order valence-corrected chi connectivity index (χ0v) is 22.1. The molecule has 1 unspecified atom stereocenters. The maximum Gasteiger partial charge on any atom is 0.314 e. The predicted molar refractivity (Wildman–Crippen MR) is 144 cm³/mol. The predicted octanol–water partition coefficient (Wildman–Crippen LogP) is 5.58. The van der Waals surface area contributed by atoms with Gasteiger partial charge in [-0.05, 0) is 63.1 Å². The molecule has 2 atom stereocenters. The molecule has 194 valence electrons. The molecule has 0 radical (unpaired) electrons. The minimum absolute atomic E-state index is 0.202. The molecule has 1 aliphatic heterocycles. The smallest absolute Gasteiger partial charge is 0.314 e. The van der Waals surface area contributed by atoms with Crippen LogP contribution >= 0.6 is 0 Å². The van der Waals surface area contributed by atoms with Crippen LogP contribution in [-0.2, 0) is 19.1 Å². The van der Waals surface area contributed by atoms with E-state index in [0.717, 1.165) is 35.2 Å². The van der Waals surface area contributed by atoms with E-state index in [9.17, 15) is 14.4 Å². The summed E-state index contributed by atoms with van der Waals surface area (Å²) >= 11 is 0. The summed E-state index contributed by atoms with van der Waals surface area (Å²) in [5, 5.41) is 3.12. The Morgan fingerprint density at radius 3 is 2.30 bits per heavy atom. The van der Waals surface area contributed by atoms with Gasteiger partial charge in [0.25, 0.3) is 5.91 Å². The maximum atomic E-state index is 14.2. The standard InChI is InChI=1S/C31H36N2O4/c1-30(2,3)37-29(36)31(17-9-10-18-31)24(19-20-15-16-20)27(34)32-26-23-13-6-5-11-21(23)22-12-7-8-14-25(22)33(4)28(26)35/h5-14,20,24,26H,15-19H2,1-4H3,(H,32,34)/t24-,26?/m0/s1. The summed E-state index contributed by atoms with van der Waals surface area (Å²) in [5.74, 6) is -0.955. The summed E-state index contributed by atoms with van der Waals surface area (Å²) in [6.45, 7) is 5.56. The number of amides is 2. The fourth-order valence-corrected chi connectivity index (χ4v) is 5.73. The SMILES string of the molecule is CN1C(=O)C(NC(=O)[C@H](CC2CC2)C2(C(=O)OC(C)(C)C)CC=CC2)c2ccccc2-c2ccccc21. The summed E-state index contributed by atoms with van der Waals surface area (Å²) in [7, 11) is 1.75. The highest BCUT2D eigenvalue weighted by atomic mass is 16.6. The van der Waals surface area contributed by atoms with Gasteiger partial charge in [-0.2, -0.15) is 0 Å². The second-order valence-electron chi connectivity index (χ2n) is 11.7. The number of ether oxygens (including phenoxy) is 1. The van der Waals surface area contributed by atoms with E-state index in [0.29, 0.717) is 25.2 Å². The number of fused-ring (bicyclic) bond motifs is 3. The molecule has 0 saturated heterocycles. The number of nitrogens with one attached hydrogen (secondary N) is 1. The van der Waals surface area contributed by atoms with Crippen LogP contribution < -0.4 is 10.2 Å². The van der Waals surface area contributed by atoms with Crippen molar-refractivity contribution < 1.29 is 19.1 Å². The Bertz CT molecular complexity index is 1250. The number of rotatable bonds is 6. The summed E-state index contributed by atoms with van der Waals surface area (Å²) in [6, 6.07) is 14.7. The van der Waals surface area contributed by atoms with Crippen LogP contribution in [0.15, 0.2) is 60.7 Å². The second-order valence-corrected chi connectivity index (χ2v) is 11.7. The van der Waals surface area contributed by atoms with Crippen molar-refractivity contribution in [3.8, 4) is 11.1 Å². The molecule has 0 bridgehead atoms. The van der Waals surface area contributed by atoms with E-state index < -0.39 is 23.0 Å². The van der Waals surface area contributed by atoms with Crippen LogP contribution in [-0.4, -0.2) is 30.4 Å². The molecule has 2 amide bonds. The van der Waals surface area contributed by atoms with Crippen LogP contribution in [0, 0.1) is 17.3 Å². The number of anilines is 1. The third kappa shape index (κ3) is 4.81. The van der Waals surface area contributed by atoms with Gasteiger partial charge in [-0.15, -0.1) is 0 Å². The Balaban J connectivity index is 1.51. The highest BCUT2D eigenvalue weighted by Gasteiger charge is 2.53. The molecule has 1 saturated carbocycles. The van der Waals surface area contributed by atoms with Crippen molar-refractivity contribution in [1.29, 1.82) is 0 Å². The molecule has 2 aromatic rings. The number of esters is 1. The van der Waals surface area contributed by atoms with Crippen LogP contribution in [0.25, 0.3) is 11.1 Å². The number of allylic oxidation sites excluding steroid dienone is 2. The minimum Gasteiger partial charge on any atom is -0.460 e. The number of hydrogen-bond donors (Lipinski definition) is 1. The lowest BCUT2D eigenvalue weighted by Crippen LogP contribution is -2.50. The van der Waals surface area contributed by atoms with Gasteiger partial charge in [0.1, 0.15) is 11.6 Å². The molecule has 6 heteroatoms. The summed E-state index contributed by atoms with van der Waals surface area (Å²) < 4.78 is 5.87. The Kier molecular flexibility index (Phi) is 6.47. The van der Waals surface area contributed by atoms with Crippen molar-refractivity contribution in [2.75, 3.05) is 11.9 Å². The van der Waals surface area contributed by atoms with Crippen LogP contribution in [0.1, 0.15) is 64.5 Å². The number of benzene rings is 2. The third-order valence-corrected chi connectivity index (χ3v) is 7.88. The first-order valence-electron chi connectivity index (χ1n) is 13.3. The van der Waals surface area contributed by atoms with Gasteiger partial charge in [0.15, 0.2) is 0 Å². The lowest BCUT2D eigenvalue weighted by Gasteiger charge is -2.37. The first kappa shape index (κ1) is 25.2. The topological polar surface area (TPSA) is 75.7 Å². The maximum absolute atomic E-state index is 14.2. The largest absolute Gasteiger partial charge is 0.460 e. The average Bonchev–Trinajstić information content (AvgIpc) is 3.57. The number of nitrogens with zero attached hydrogens (tertiary/aromatic N) is 1. The zero-order valence-electron chi connectivity index (χ0n) is 22.1. The van der Waals surface area contributed by atoms with E-state index in [4.69, 9.17) is 4.74 Å². The highest BCUT2D eigenvalue weighted by Crippen LogP contribution is 2.49. The van der Waals surface area contributed by atoms with E-state index in [1.165, 1.54) is 0 Å². The first-order valence-corrected chi connectivity index (χ1v) is 13.3. The van der Waals surface area contributed by atoms with Gasteiger partial charge in [0.2, 0.25) is 5.91 Å². The molecule has 2 aliphatic carbocycles. The van der Waals surface area contributed by atoms with Gasteiger partial charge >= 0.3 is 5.97 Å². The van der Waals surface area contributed by atoms with Gasteiger partial charge in [-0.25, -0.2) is 0 Å². The lowest BCUT2D eigenvalue weighted by atomic mass is 9.70. The monoisotopic (exact) mass is 500 g/mol. The highest BCUT2D eigenvalue weighted by molar-refractivity contribution is 6.06. The van der Waals surface area contributed by atoms with Gasteiger partial charge in [-0.3, -0.25) is 14.4 Å². The van der Waals surface area contributed by atoms with Gasteiger partial charge in [0.05, 0.1) is 17.0 Å². The van der Waals surface area contributed by atoms with Crippen molar-refractivity contribution in [1.82, 2.24) is 5.32 Å². The van der Waals surface area contributed by atoms with Crippen LogP contribution in [0.3, 0.4) is 0 Å². The summed E-state index contributed by atoms with van der Waals surface area (Å²) in [4.78, 5) is 43.2. The normalized spacial score (nSPS) is 21.0. The van der Waals surface area contributed by atoms with Crippen LogP contribution in [0.4, 0.5) is 5.69 Å². The number of carbonyl (C=O) groups excluding carboxylic acids is 3. The molecule has 3 aliphatic rings. The molecule has 5 rings (SSSR count). The Hall–Kier alpha value is -3.41. The average molecular weight is 501 g/mol.